The Morgan fingerprint density at radius 2 is 1.72 bits per heavy atom. The minimum atomic E-state index is -5.07. The summed E-state index contributed by atoms with van der Waals surface area (Å²) in [5.74, 6) is -1.62. The predicted octanol–water partition coefficient (Wildman–Crippen LogP) is 6.50. The maximum atomic E-state index is 13.6. The first-order chi connectivity index (χ1) is 27.3. The number of benzene rings is 2. The van der Waals surface area contributed by atoms with E-state index < -0.39 is 35.1 Å². The van der Waals surface area contributed by atoms with E-state index in [1.807, 2.05) is 55.3 Å². The fraction of sp³-hybridized carbons (Fsp3) is 0.341. The predicted molar refractivity (Wildman–Crippen MR) is 206 cm³/mol. The van der Waals surface area contributed by atoms with Crippen LogP contribution in [0.1, 0.15) is 29.5 Å². The Balaban J connectivity index is 1.09. The molecular formula is C41H40F3N7O6. The number of carbonyl (C=O) groups is 1. The van der Waals surface area contributed by atoms with Gasteiger partial charge in [0.25, 0.3) is 5.56 Å². The quantitative estimate of drug-likeness (QED) is 0.131. The van der Waals surface area contributed by atoms with Gasteiger partial charge in [-0.15, -0.1) is 13.2 Å². The summed E-state index contributed by atoms with van der Waals surface area (Å²) >= 11 is 0. The van der Waals surface area contributed by atoms with E-state index in [9.17, 15) is 33.0 Å². The standard InChI is InChI=1S/C41H40F3N7O6/c1-23-29(30-6-4-8-32(24(30)2)47-37-34-26(9-12-45-37)17-25(18-46-34)19-50-14-11-28(52)21-50)5-3-7-31(23)38-48-35-36(56-38)33(57-41(42,43)44)22-51(39(35)53)16-15-49-13-10-27(20-49)40(54)55/h3-9,12,17-18,22,27-28,52H,10-11,13-16,19-21H2,1-2H3,(H,45,47)(H,54,55)/t27-,28-/m1/s1. The molecule has 2 saturated heterocycles. The maximum Gasteiger partial charge on any atom is 0.573 e. The number of ether oxygens (including phenoxy) is 1. The van der Waals surface area contributed by atoms with Crippen molar-refractivity contribution in [2.45, 2.75) is 52.2 Å². The van der Waals surface area contributed by atoms with E-state index in [0.717, 1.165) is 57.1 Å². The van der Waals surface area contributed by atoms with Gasteiger partial charge in [0.1, 0.15) is 5.52 Å². The molecule has 13 nitrogen and oxygen atoms in total. The van der Waals surface area contributed by atoms with Crippen LogP contribution >= 0.6 is 0 Å². The monoisotopic (exact) mass is 783 g/mol. The molecule has 2 aromatic carbocycles. The van der Waals surface area contributed by atoms with Crippen LogP contribution in [-0.2, 0) is 17.9 Å². The Bertz CT molecular complexity index is 2560. The van der Waals surface area contributed by atoms with Crippen molar-refractivity contribution in [2.24, 2.45) is 5.92 Å². The molecule has 0 unspecified atom stereocenters. The van der Waals surface area contributed by atoms with Gasteiger partial charge in [-0.05, 0) is 85.3 Å². The van der Waals surface area contributed by atoms with Crippen molar-refractivity contribution in [3.8, 4) is 28.3 Å². The number of aliphatic hydroxyl groups is 1. The summed E-state index contributed by atoms with van der Waals surface area (Å²) in [4.78, 5) is 42.8. The minimum Gasteiger partial charge on any atom is -0.481 e. The summed E-state index contributed by atoms with van der Waals surface area (Å²) in [6.45, 7) is 7.02. The van der Waals surface area contributed by atoms with Gasteiger partial charge in [0, 0.05) is 68.3 Å². The Morgan fingerprint density at radius 3 is 2.46 bits per heavy atom. The average Bonchev–Trinajstić information content (AvgIpc) is 3.94. The first kappa shape index (κ1) is 38.1. The van der Waals surface area contributed by atoms with Gasteiger partial charge in [-0.3, -0.25) is 19.5 Å². The molecule has 57 heavy (non-hydrogen) atoms. The number of nitrogens with one attached hydrogen (secondary N) is 1. The number of aromatic nitrogens is 4. The van der Waals surface area contributed by atoms with E-state index in [-0.39, 0.29) is 37.1 Å². The molecule has 2 aliphatic rings. The second-order valence-corrected chi connectivity index (χ2v) is 14.7. The smallest absolute Gasteiger partial charge is 0.481 e. The zero-order valence-electron chi connectivity index (χ0n) is 31.2. The van der Waals surface area contributed by atoms with E-state index in [1.54, 1.807) is 18.3 Å². The van der Waals surface area contributed by atoms with Crippen LogP contribution in [0.4, 0.5) is 24.7 Å². The molecule has 3 N–H and O–H groups in total. The molecule has 2 atom stereocenters. The number of hydrogen-bond donors (Lipinski definition) is 3. The van der Waals surface area contributed by atoms with Crippen LogP contribution in [0.15, 0.2) is 76.3 Å². The fourth-order valence-corrected chi connectivity index (χ4v) is 7.84. The number of rotatable bonds is 11. The van der Waals surface area contributed by atoms with Crippen molar-refractivity contribution in [3.05, 3.63) is 94.2 Å². The first-order valence-corrected chi connectivity index (χ1v) is 18.7. The van der Waals surface area contributed by atoms with Crippen LogP contribution in [0.3, 0.4) is 0 Å². The highest BCUT2D eigenvalue weighted by molar-refractivity contribution is 5.91. The molecule has 2 fully saturated rings. The zero-order valence-corrected chi connectivity index (χ0v) is 31.2. The lowest BCUT2D eigenvalue weighted by molar-refractivity contribution is -0.274. The normalized spacial score (nSPS) is 17.9. The molecule has 0 saturated carbocycles. The second-order valence-electron chi connectivity index (χ2n) is 14.7. The number of halogens is 3. The number of hydrogen-bond acceptors (Lipinski definition) is 11. The van der Waals surface area contributed by atoms with E-state index in [2.05, 4.69) is 31.0 Å². The van der Waals surface area contributed by atoms with E-state index in [4.69, 9.17) is 9.40 Å². The maximum absolute atomic E-state index is 13.6. The molecule has 0 bridgehead atoms. The third-order valence-electron chi connectivity index (χ3n) is 10.8. The molecular weight excluding hydrogens is 743 g/mol. The van der Waals surface area contributed by atoms with Gasteiger partial charge in [-0.2, -0.15) is 0 Å². The van der Waals surface area contributed by atoms with Gasteiger partial charge in [0.15, 0.2) is 17.1 Å². The number of aliphatic hydroxyl groups excluding tert-OH is 1. The molecule has 0 radical (unpaired) electrons. The highest BCUT2D eigenvalue weighted by Crippen LogP contribution is 2.38. The van der Waals surface area contributed by atoms with Crippen molar-refractivity contribution in [3.63, 3.8) is 0 Å². The van der Waals surface area contributed by atoms with Crippen molar-refractivity contribution < 1.29 is 37.3 Å². The number of nitrogens with zero attached hydrogens (tertiary/aromatic N) is 6. The van der Waals surface area contributed by atoms with Crippen LogP contribution in [0.5, 0.6) is 5.75 Å². The number of carboxylic acid groups (broad SMARTS) is 1. The number of β-amino-alcohol motifs (C(OH)–C–C–N with tert-alkyl or cyclic N) is 1. The molecule has 296 valence electrons. The van der Waals surface area contributed by atoms with Gasteiger partial charge in [0.2, 0.25) is 11.5 Å². The summed E-state index contributed by atoms with van der Waals surface area (Å²) in [5.41, 5.74) is 4.90. The number of anilines is 2. The molecule has 0 amide bonds. The van der Waals surface area contributed by atoms with Gasteiger partial charge in [-0.1, -0.05) is 24.3 Å². The Kier molecular flexibility index (Phi) is 10.2. The number of aliphatic carboxylic acids is 1. The summed E-state index contributed by atoms with van der Waals surface area (Å²) in [6.07, 6.45) is 0.374. The molecule has 0 spiro atoms. The van der Waals surface area contributed by atoms with Gasteiger partial charge in [0.05, 0.1) is 18.2 Å². The van der Waals surface area contributed by atoms with E-state index in [0.29, 0.717) is 48.5 Å². The lowest BCUT2D eigenvalue weighted by atomic mass is 9.93. The Hall–Kier alpha value is -5.84. The van der Waals surface area contributed by atoms with Crippen molar-refractivity contribution in [1.29, 1.82) is 0 Å². The SMILES string of the molecule is Cc1c(Nc2nccc3cc(CN4CC[C@@H](O)C4)cnc23)cccc1-c1cccc(-c2nc3c(=O)n(CCN4CC[C@@H](C(=O)O)C4)cc(OC(F)(F)F)c3o2)c1C. The van der Waals surface area contributed by atoms with Gasteiger partial charge in [-0.25, -0.2) is 9.97 Å². The zero-order chi connectivity index (χ0) is 40.0. The summed E-state index contributed by atoms with van der Waals surface area (Å²) in [7, 11) is 0. The molecule has 6 aromatic rings. The topological polar surface area (TPSA) is 159 Å². The molecule has 4 aromatic heterocycles. The third-order valence-corrected chi connectivity index (χ3v) is 10.8. The number of oxazole rings is 1. The largest absolute Gasteiger partial charge is 0.573 e. The second kappa shape index (κ2) is 15.2. The molecule has 6 heterocycles. The summed E-state index contributed by atoms with van der Waals surface area (Å²) in [5, 5.41) is 23.6. The van der Waals surface area contributed by atoms with Crippen LogP contribution in [0.25, 0.3) is 44.6 Å². The summed E-state index contributed by atoms with van der Waals surface area (Å²) < 4.78 is 52.2. The lowest BCUT2D eigenvalue weighted by Crippen LogP contribution is -2.31. The van der Waals surface area contributed by atoms with Crippen molar-refractivity contribution in [1.82, 2.24) is 29.3 Å². The van der Waals surface area contributed by atoms with Crippen LogP contribution in [0, 0.1) is 19.8 Å². The van der Waals surface area contributed by atoms with Crippen LogP contribution in [-0.4, -0.2) is 90.7 Å². The average molecular weight is 784 g/mol. The molecule has 0 aliphatic carbocycles. The Labute approximate surface area is 324 Å². The lowest BCUT2D eigenvalue weighted by Gasteiger charge is -2.17. The number of fused-ring (bicyclic) bond motifs is 2. The number of carboxylic acids is 1. The number of likely N-dealkylation sites (tertiary alicyclic amines) is 2. The third kappa shape index (κ3) is 7.93. The Morgan fingerprint density at radius 1 is 0.965 bits per heavy atom. The van der Waals surface area contributed by atoms with Gasteiger partial charge < -0.3 is 34.2 Å². The minimum absolute atomic E-state index is 0.00834. The highest BCUT2D eigenvalue weighted by Gasteiger charge is 2.34. The molecule has 16 heteroatoms. The van der Waals surface area contributed by atoms with Crippen molar-refractivity contribution >= 4 is 39.5 Å². The van der Waals surface area contributed by atoms with E-state index in [1.165, 1.54) is 0 Å². The highest BCUT2D eigenvalue weighted by atomic mass is 19.4. The van der Waals surface area contributed by atoms with Crippen LogP contribution < -0.4 is 15.6 Å². The molecule has 2 aliphatic heterocycles. The summed E-state index contributed by atoms with van der Waals surface area (Å²) in [6, 6.07) is 15.2. The van der Waals surface area contributed by atoms with Crippen molar-refractivity contribution in [2.75, 3.05) is 38.0 Å². The van der Waals surface area contributed by atoms with E-state index >= 15 is 0 Å². The first-order valence-electron chi connectivity index (χ1n) is 18.7. The fourth-order valence-electron chi connectivity index (χ4n) is 7.84. The number of alkyl halides is 3. The molecule has 8 rings (SSSR count). The van der Waals surface area contributed by atoms with Crippen LogP contribution in [0.2, 0.25) is 0 Å². The van der Waals surface area contributed by atoms with Gasteiger partial charge >= 0.3 is 12.3 Å². The number of pyridine rings is 3.